The summed E-state index contributed by atoms with van der Waals surface area (Å²) in [5.41, 5.74) is 4.08. The summed E-state index contributed by atoms with van der Waals surface area (Å²) < 4.78 is 1.84. The molecule has 1 aromatic heterocycles. The lowest BCUT2D eigenvalue weighted by molar-refractivity contribution is -0.127. The number of benzene rings is 1. The van der Waals surface area contributed by atoms with Gasteiger partial charge in [0.25, 0.3) is 0 Å². The quantitative estimate of drug-likeness (QED) is 0.594. The van der Waals surface area contributed by atoms with Gasteiger partial charge >= 0.3 is 0 Å². The Kier molecular flexibility index (Phi) is 7.16. The summed E-state index contributed by atoms with van der Waals surface area (Å²) >= 11 is 0. The summed E-state index contributed by atoms with van der Waals surface area (Å²) in [5, 5.41) is 11.2. The van der Waals surface area contributed by atoms with Crippen molar-refractivity contribution in [3.63, 3.8) is 0 Å². The second-order valence-corrected chi connectivity index (χ2v) is 12.2. The van der Waals surface area contributed by atoms with Crippen molar-refractivity contribution in [1.29, 1.82) is 0 Å². The van der Waals surface area contributed by atoms with Gasteiger partial charge in [0.15, 0.2) is 0 Å². The highest BCUT2D eigenvalue weighted by atomic mass is 16.2. The van der Waals surface area contributed by atoms with Crippen molar-refractivity contribution in [2.45, 2.75) is 64.8 Å². The van der Waals surface area contributed by atoms with Crippen molar-refractivity contribution < 1.29 is 9.59 Å². The van der Waals surface area contributed by atoms with Gasteiger partial charge in [0.1, 0.15) is 5.82 Å². The minimum absolute atomic E-state index is 0.0186. The van der Waals surface area contributed by atoms with E-state index in [9.17, 15) is 9.59 Å². The first-order chi connectivity index (χ1) is 18.4. The van der Waals surface area contributed by atoms with E-state index in [1.807, 2.05) is 22.8 Å². The van der Waals surface area contributed by atoms with Gasteiger partial charge in [-0.15, -0.1) is 0 Å². The third-order valence-electron chi connectivity index (χ3n) is 9.24. The predicted molar refractivity (Wildman–Crippen MR) is 149 cm³/mol. The average molecular weight is 519 g/mol. The fourth-order valence-electron chi connectivity index (χ4n) is 6.59. The van der Waals surface area contributed by atoms with E-state index in [1.165, 1.54) is 19.4 Å². The lowest BCUT2D eigenvalue weighted by Crippen LogP contribution is -2.43. The number of piperidine rings is 1. The van der Waals surface area contributed by atoms with Crippen molar-refractivity contribution in [3.05, 3.63) is 35.5 Å². The minimum atomic E-state index is 0.0186. The van der Waals surface area contributed by atoms with Crippen LogP contribution in [0.5, 0.6) is 0 Å². The first-order valence-electron chi connectivity index (χ1n) is 14.6. The molecule has 6 rings (SSSR count). The van der Waals surface area contributed by atoms with Crippen LogP contribution in [-0.4, -0.2) is 52.7 Å². The molecule has 3 fully saturated rings. The van der Waals surface area contributed by atoms with Crippen LogP contribution in [0.25, 0.3) is 0 Å². The number of nitrogens with one attached hydrogen (secondary N) is 2. The van der Waals surface area contributed by atoms with Crippen LogP contribution in [0.2, 0.25) is 0 Å². The molecule has 2 aliphatic carbocycles. The standard InChI is InChI=1S/C30H42N6O2/c1-20-3-10-27-26(15-20)33-28-25(17-32-34(28)2)19-36(27)30(38)24-8-6-21(7-9-24)16-31-29(37)23-11-13-35(14-12-23)18-22-4-5-22/h3,10,15,17,21-24,33H,4-9,11-14,16,18-19H2,1-2H3,(H,31,37). The number of fused-ring (bicyclic) bond motifs is 2. The second-order valence-electron chi connectivity index (χ2n) is 12.2. The summed E-state index contributed by atoms with van der Waals surface area (Å²) in [4.78, 5) is 31.2. The molecule has 2 aromatic rings. The van der Waals surface area contributed by atoms with Crippen LogP contribution < -0.4 is 15.5 Å². The molecule has 0 radical (unpaired) electrons. The third kappa shape index (κ3) is 5.46. The van der Waals surface area contributed by atoms with E-state index in [0.29, 0.717) is 12.5 Å². The van der Waals surface area contributed by atoms with Crippen LogP contribution in [0.3, 0.4) is 0 Å². The molecule has 4 aliphatic rings. The van der Waals surface area contributed by atoms with E-state index >= 15 is 0 Å². The number of aromatic nitrogens is 2. The van der Waals surface area contributed by atoms with Gasteiger partial charge in [0.05, 0.1) is 24.1 Å². The van der Waals surface area contributed by atoms with Crippen molar-refractivity contribution in [2.75, 3.05) is 36.4 Å². The molecule has 0 spiro atoms. The first kappa shape index (κ1) is 25.4. The zero-order valence-corrected chi connectivity index (χ0v) is 22.9. The van der Waals surface area contributed by atoms with Gasteiger partial charge in [-0.25, -0.2) is 0 Å². The molecular weight excluding hydrogens is 476 g/mol. The summed E-state index contributed by atoms with van der Waals surface area (Å²) in [6.45, 7) is 6.71. The van der Waals surface area contributed by atoms with Crippen molar-refractivity contribution in [1.82, 2.24) is 20.0 Å². The van der Waals surface area contributed by atoms with Gasteiger partial charge in [0.2, 0.25) is 11.8 Å². The maximum Gasteiger partial charge on any atom is 0.230 e. The highest BCUT2D eigenvalue weighted by Gasteiger charge is 2.34. The number of amides is 2. The summed E-state index contributed by atoms with van der Waals surface area (Å²) in [6, 6.07) is 6.24. The van der Waals surface area contributed by atoms with E-state index < -0.39 is 0 Å². The number of hydrogen-bond acceptors (Lipinski definition) is 5. The zero-order chi connectivity index (χ0) is 26.2. The number of rotatable bonds is 6. The Morgan fingerprint density at radius 1 is 1.00 bits per heavy atom. The molecule has 0 bridgehead atoms. The van der Waals surface area contributed by atoms with Crippen LogP contribution in [0.1, 0.15) is 62.5 Å². The Morgan fingerprint density at radius 3 is 2.47 bits per heavy atom. The molecule has 2 amide bonds. The van der Waals surface area contributed by atoms with Crippen LogP contribution in [0.4, 0.5) is 17.2 Å². The summed E-state index contributed by atoms with van der Waals surface area (Å²) in [6.07, 6.45) is 10.4. The number of carbonyl (C=O) groups excluding carboxylic acids is 2. The molecule has 8 heteroatoms. The highest BCUT2D eigenvalue weighted by Crippen LogP contribution is 2.39. The Bertz CT molecular complexity index is 1170. The number of anilines is 3. The van der Waals surface area contributed by atoms with Gasteiger partial charge in [-0.05, 0) is 101 Å². The molecule has 0 atom stereocenters. The maximum atomic E-state index is 13.8. The molecule has 0 unspecified atom stereocenters. The van der Waals surface area contributed by atoms with E-state index in [4.69, 9.17) is 0 Å². The predicted octanol–water partition coefficient (Wildman–Crippen LogP) is 4.36. The van der Waals surface area contributed by atoms with Crippen LogP contribution in [0.15, 0.2) is 24.4 Å². The van der Waals surface area contributed by atoms with Crippen LogP contribution >= 0.6 is 0 Å². The van der Waals surface area contributed by atoms with Gasteiger partial charge in [-0.1, -0.05) is 6.07 Å². The van der Waals surface area contributed by atoms with Crippen LogP contribution in [0, 0.1) is 30.6 Å². The fraction of sp³-hybridized carbons (Fsp3) is 0.633. The number of hydrogen-bond donors (Lipinski definition) is 2. The lowest BCUT2D eigenvalue weighted by atomic mass is 9.81. The Balaban J connectivity index is 1.02. The van der Waals surface area contributed by atoms with Gasteiger partial charge in [0, 0.05) is 37.5 Å². The van der Waals surface area contributed by atoms with Crippen LogP contribution in [-0.2, 0) is 23.2 Å². The monoisotopic (exact) mass is 518 g/mol. The van der Waals surface area contributed by atoms with E-state index in [0.717, 1.165) is 92.4 Å². The van der Waals surface area contributed by atoms with Gasteiger partial charge in [-0.3, -0.25) is 14.3 Å². The zero-order valence-electron chi connectivity index (χ0n) is 22.9. The molecule has 2 saturated carbocycles. The Morgan fingerprint density at radius 2 is 1.74 bits per heavy atom. The average Bonchev–Trinajstić information content (AvgIpc) is 3.71. The van der Waals surface area contributed by atoms with Crippen molar-refractivity contribution in [2.24, 2.45) is 30.7 Å². The van der Waals surface area contributed by atoms with E-state index in [1.54, 1.807) is 0 Å². The molecule has 8 nitrogen and oxygen atoms in total. The molecule has 2 aliphatic heterocycles. The Hall–Kier alpha value is -2.87. The first-order valence-corrected chi connectivity index (χ1v) is 14.6. The molecule has 204 valence electrons. The lowest BCUT2D eigenvalue weighted by Gasteiger charge is -2.33. The molecular formula is C30H42N6O2. The maximum absolute atomic E-state index is 13.8. The molecule has 2 N–H and O–H groups in total. The number of likely N-dealkylation sites (tertiary alicyclic amines) is 1. The number of aryl methyl sites for hydroxylation is 2. The van der Waals surface area contributed by atoms with Gasteiger partial charge < -0.3 is 20.4 Å². The van der Waals surface area contributed by atoms with Gasteiger partial charge in [-0.2, -0.15) is 5.10 Å². The normalized spacial score (nSPS) is 24.2. The second kappa shape index (κ2) is 10.7. The molecule has 3 heterocycles. The largest absolute Gasteiger partial charge is 0.356 e. The fourth-order valence-corrected chi connectivity index (χ4v) is 6.59. The SMILES string of the molecule is Cc1ccc2c(c1)Nc1c(cnn1C)CN2C(=O)C1CCC(CNC(=O)C2CCN(CC3CC3)CC2)CC1. The number of carbonyl (C=O) groups is 2. The van der Waals surface area contributed by atoms with E-state index in [2.05, 4.69) is 45.8 Å². The third-order valence-corrected chi connectivity index (χ3v) is 9.24. The highest BCUT2D eigenvalue weighted by molar-refractivity contribution is 5.99. The molecule has 38 heavy (non-hydrogen) atoms. The molecule has 1 aromatic carbocycles. The van der Waals surface area contributed by atoms with Crippen molar-refractivity contribution >= 4 is 29.0 Å². The Labute approximate surface area is 226 Å². The summed E-state index contributed by atoms with van der Waals surface area (Å²) in [5.74, 6) is 2.96. The molecule has 1 saturated heterocycles. The topological polar surface area (TPSA) is 82.5 Å². The minimum Gasteiger partial charge on any atom is -0.356 e. The summed E-state index contributed by atoms with van der Waals surface area (Å²) in [7, 11) is 1.93. The van der Waals surface area contributed by atoms with Crippen molar-refractivity contribution in [3.8, 4) is 0 Å². The van der Waals surface area contributed by atoms with E-state index in [-0.39, 0.29) is 23.7 Å². The number of nitrogens with zero attached hydrogens (tertiary/aromatic N) is 4. The smallest absolute Gasteiger partial charge is 0.230 e.